The molecule has 0 saturated heterocycles. The molecule has 1 amide bonds. The quantitative estimate of drug-likeness (QED) is 0.787. The predicted molar refractivity (Wildman–Crippen MR) is 102 cm³/mol. The topological polar surface area (TPSA) is 41.6 Å². The van der Waals surface area contributed by atoms with Crippen LogP contribution in [0.2, 0.25) is 0 Å². The molecule has 0 spiro atoms. The SMILES string of the molecule is CCN(CCCNC(=O)C1=Cc2ccccc2OC1)c1ccccc1. The fourth-order valence-electron chi connectivity index (χ4n) is 2.94. The molecule has 130 valence electrons. The van der Waals surface area contributed by atoms with E-state index >= 15 is 0 Å². The second kappa shape index (κ2) is 8.38. The van der Waals surface area contributed by atoms with Crippen LogP contribution >= 0.6 is 0 Å². The third-order valence-corrected chi connectivity index (χ3v) is 4.32. The average Bonchev–Trinajstić information content (AvgIpc) is 2.68. The van der Waals surface area contributed by atoms with Crippen molar-refractivity contribution in [1.29, 1.82) is 0 Å². The molecule has 0 fully saturated rings. The third kappa shape index (κ3) is 4.41. The van der Waals surface area contributed by atoms with Crippen LogP contribution in [0.5, 0.6) is 5.75 Å². The molecule has 0 atom stereocenters. The number of hydrogen-bond acceptors (Lipinski definition) is 3. The summed E-state index contributed by atoms with van der Waals surface area (Å²) >= 11 is 0. The summed E-state index contributed by atoms with van der Waals surface area (Å²) in [6.07, 6.45) is 2.82. The first kappa shape index (κ1) is 17.1. The van der Waals surface area contributed by atoms with E-state index in [1.807, 2.05) is 48.5 Å². The van der Waals surface area contributed by atoms with E-state index in [-0.39, 0.29) is 5.91 Å². The molecule has 0 bridgehead atoms. The summed E-state index contributed by atoms with van der Waals surface area (Å²) in [5.74, 6) is 0.790. The van der Waals surface area contributed by atoms with Gasteiger partial charge in [0.1, 0.15) is 12.4 Å². The van der Waals surface area contributed by atoms with Gasteiger partial charge >= 0.3 is 0 Å². The Kier molecular flexibility index (Phi) is 5.73. The number of fused-ring (bicyclic) bond motifs is 1. The van der Waals surface area contributed by atoms with Crippen LogP contribution in [-0.2, 0) is 4.79 Å². The van der Waals surface area contributed by atoms with Gasteiger partial charge in [0.25, 0.3) is 5.91 Å². The second-order valence-electron chi connectivity index (χ2n) is 6.02. The minimum atomic E-state index is -0.0442. The number of carbonyl (C=O) groups is 1. The average molecular weight is 336 g/mol. The highest BCUT2D eigenvalue weighted by molar-refractivity contribution is 5.99. The fraction of sp³-hybridized carbons (Fsp3) is 0.286. The highest BCUT2D eigenvalue weighted by atomic mass is 16.5. The first-order valence-electron chi connectivity index (χ1n) is 8.78. The van der Waals surface area contributed by atoms with Crippen molar-refractivity contribution in [3.05, 3.63) is 65.7 Å². The Labute approximate surface area is 149 Å². The number of ether oxygens (including phenoxy) is 1. The maximum atomic E-state index is 12.3. The number of para-hydroxylation sites is 2. The van der Waals surface area contributed by atoms with Crippen LogP contribution in [-0.4, -0.2) is 32.1 Å². The van der Waals surface area contributed by atoms with Gasteiger partial charge in [-0.25, -0.2) is 0 Å². The van der Waals surface area contributed by atoms with Crippen LogP contribution in [0.3, 0.4) is 0 Å². The molecular formula is C21H24N2O2. The lowest BCUT2D eigenvalue weighted by atomic mass is 10.1. The normalized spacial score (nSPS) is 12.6. The van der Waals surface area contributed by atoms with E-state index in [1.54, 1.807) is 0 Å². The Morgan fingerprint density at radius 3 is 2.68 bits per heavy atom. The standard InChI is InChI=1S/C21H24N2O2/c1-2-23(19-10-4-3-5-11-19)14-8-13-22-21(24)18-15-17-9-6-7-12-20(17)25-16-18/h3-7,9-12,15H,2,8,13-14,16H2,1H3,(H,22,24). The van der Waals surface area contributed by atoms with Crippen molar-refractivity contribution in [2.75, 3.05) is 31.1 Å². The number of carbonyl (C=O) groups excluding carboxylic acids is 1. The van der Waals surface area contributed by atoms with Crippen molar-refractivity contribution in [1.82, 2.24) is 5.32 Å². The summed E-state index contributed by atoms with van der Waals surface area (Å²) in [4.78, 5) is 14.6. The highest BCUT2D eigenvalue weighted by Gasteiger charge is 2.16. The zero-order valence-electron chi connectivity index (χ0n) is 14.6. The van der Waals surface area contributed by atoms with Gasteiger partial charge in [-0.1, -0.05) is 36.4 Å². The molecule has 1 aliphatic heterocycles. The fourth-order valence-corrected chi connectivity index (χ4v) is 2.94. The minimum absolute atomic E-state index is 0.0442. The van der Waals surface area contributed by atoms with Gasteiger partial charge in [0.05, 0.1) is 5.57 Å². The molecular weight excluding hydrogens is 312 g/mol. The number of nitrogens with one attached hydrogen (secondary N) is 1. The molecule has 3 rings (SSSR count). The Morgan fingerprint density at radius 1 is 1.12 bits per heavy atom. The van der Waals surface area contributed by atoms with E-state index < -0.39 is 0 Å². The van der Waals surface area contributed by atoms with Crippen LogP contribution in [0.15, 0.2) is 60.2 Å². The van der Waals surface area contributed by atoms with Gasteiger partial charge in [-0.15, -0.1) is 0 Å². The molecule has 1 heterocycles. The molecule has 0 aromatic heterocycles. The molecule has 2 aromatic carbocycles. The molecule has 4 heteroatoms. The lowest BCUT2D eigenvalue weighted by Gasteiger charge is -2.23. The monoisotopic (exact) mass is 336 g/mol. The largest absolute Gasteiger partial charge is 0.488 e. The van der Waals surface area contributed by atoms with Gasteiger partial charge in [0.15, 0.2) is 0 Å². The maximum Gasteiger partial charge on any atom is 0.250 e. The number of hydrogen-bond donors (Lipinski definition) is 1. The molecule has 0 radical (unpaired) electrons. The van der Waals surface area contributed by atoms with Gasteiger partial charge in [-0.3, -0.25) is 4.79 Å². The first-order valence-corrected chi connectivity index (χ1v) is 8.78. The molecule has 25 heavy (non-hydrogen) atoms. The zero-order valence-corrected chi connectivity index (χ0v) is 14.6. The third-order valence-electron chi connectivity index (χ3n) is 4.32. The number of anilines is 1. The van der Waals surface area contributed by atoms with Gasteiger partial charge in [0, 0.05) is 30.9 Å². The van der Waals surface area contributed by atoms with E-state index in [2.05, 4.69) is 29.3 Å². The molecule has 1 N–H and O–H groups in total. The molecule has 4 nitrogen and oxygen atoms in total. The lowest BCUT2D eigenvalue weighted by Crippen LogP contribution is -2.32. The summed E-state index contributed by atoms with van der Waals surface area (Å²) in [5, 5.41) is 3.00. The van der Waals surface area contributed by atoms with Gasteiger partial charge in [-0.2, -0.15) is 0 Å². The van der Waals surface area contributed by atoms with Crippen molar-refractivity contribution in [3.63, 3.8) is 0 Å². The summed E-state index contributed by atoms with van der Waals surface area (Å²) in [6, 6.07) is 18.1. The van der Waals surface area contributed by atoms with Crippen LogP contribution in [0.25, 0.3) is 6.08 Å². The van der Waals surface area contributed by atoms with Crippen molar-refractivity contribution >= 4 is 17.7 Å². The summed E-state index contributed by atoms with van der Waals surface area (Å²) < 4.78 is 5.64. The van der Waals surface area contributed by atoms with Crippen LogP contribution in [0.1, 0.15) is 18.9 Å². The Hall–Kier alpha value is -2.75. The van der Waals surface area contributed by atoms with E-state index in [1.165, 1.54) is 5.69 Å². The van der Waals surface area contributed by atoms with Gasteiger partial charge < -0.3 is 15.0 Å². The number of nitrogens with zero attached hydrogens (tertiary/aromatic N) is 1. The maximum absolute atomic E-state index is 12.3. The molecule has 0 unspecified atom stereocenters. The first-order chi connectivity index (χ1) is 12.3. The van der Waals surface area contributed by atoms with Crippen LogP contribution in [0.4, 0.5) is 5.69 Å². The van der Waals surface area contributed by atoms with E-state index in [0.29, 0.717) is 18.7 Å². The van der Waals surface area contributed by atoms with Crippen molar-refractivity contribution in [3.8, 4) is 5.75 Å². The summed E-state index contributed by atoms with van der Waals surface area (Å²) in [5.41, 5.74) is 2.85. The van der Waals surface area contributed by atoms with E-state index in [0.717, 1.165) is 30.8 Å². The molecule has 2 aromatic rings. The van der Waals surface area contributed by atoms with Crippen molar-refractivity contribution in [2.24, 2.45) is 0 Å². The molecule has 0 aliphatic carbocycles. The highest BCUT2D eigenvalue weighted by Crippen LogP contribution is 2.25. The van der Waals surface area contributed by atoms with Crippen LogP contribution < -0.4 is 15.0 Å². The number of rotatable bonds is 7. The molecule has 0 saturated carbocycles. The van der Waals surface area contributed by atoms with Gasteiger partial charge in [0.2, 0.25) is 0 Å². The number of amides is 1. The number of benzene rings is 2. The minimum Gasteiger partial charge on any atom is -0.488 e. The Bertz CT molecular complexity index is 741. The zero-order chi connectivity index (χ0) is 17.5. The predicted octanol–water partition coefficient (Wildman–Crippen LogP) is 3.50. The van der Waals surface area contributed by atoms with Gasteiger partial charge in [-0.05, 0) is 37.6 Å². The van der Waals surface area contributed by atoms with Crippen LogP contribution in [0, 0.1) is 0 Å². The van der Waals surface area contributed by atoms with E-state index in [9.17, 15) is 4.79 Å². The Morgan fingerprint density at radius 2 is 1.88 bits per heavy atom. The second-order valence-corrected chi connectivity index (χ2v) is 6.02. The smallest absolute Gasteiger partial charge is 0.250 e. The van der Waals surface area contributed by atoms with E-state index in [4.69, 9.17) is 4.74 Å². The molecule has 1 aliphatic rings. The van der Waals surface area contributed by atoms with Crippen molar-refractivity contribution in [2.45, 2.75) is 13.3 Å². The Balaban J connectivity index is 1.48. The lowest BCUT2D eigenvalue weighted by molar-refractivity contribution is -0.117. The van der Waals surface area contributed by atoms with Crippen molar-refractivity contribution < 1.29 is 9.53 Å². The summed E-state index contributed by atoms with van der Waals surface area (Å²) in [6.45, 7) is 5.00. The summed E-state index contributed by atoms with van der Waals surface area (Å²) in [7, 11) is 0.